The highest BCUT2D eigenvalue weighted by molar-refractivity contribution is 5.99. The van der Waals surface area contributed by atoms with Crippen LogP contribution in [0, 0.1) is 19.7 Å². The van der Waals surface area contributed by atoms with Crippen molar-refractivity contribution in [2.24, 2.45) is 5.73 Å². The van der Waals surface area contributed by atoms with Crippen molar-refractivity contribution in [3.63, 3.8) is 0 Å². The van der Waals surface area contributed by atoms with Crippen LogP contribution >= 0.6 is 0 Å². The van der Waals surface area contributed by atoms with E-state index in [2.05, 4.69) is 5.32 Å². The number of carbonyl (C=O) groups excluding carboxylic acids is 3. The molecule has 29 heavy (non-hydrogen) atoms. The van der Waals surface area contributed by atoms with Crippen molar-refractivity contribution < 1.29 is 23.5 Å². The van der Waals surface area contributed by atoms with Gasteiger partial charge in [0.2, 0.25) is 5.78 Å². The van der Waals surface area contributed by atoms with Crippen molar-refractivity contribution in [3.8, 4) is 5.69 Å². The fourth-order valence-corrected chi connectivity index (χ4v) is 3.14. The fraction of sp³-hybridized carbons (Fsp3) is 0.381. The Morgan fingerprint density at radius 2 is 1.90 bits per heavy atom. The molecule has 7 nitrogen and oxygen atoms in total. The number of nitrogens with one attached hydrogen (secondary N) is 1. The van der Waals surface area contributed by atoms with Gasteiger partial charge in [0.25, 0.3) is 0 Å². The molecule has 3 N–H and O–H groups in total. The number of amides is 2. The number of esters is 1. The third-order valence-corrected chi connectivity index (χ3v) is 4.52. The number of ether oxygens (including phenoxy) is 1. The first kappa shape index (κ1) is 22.1. The molecule has 0 aliphatic heterocycles. The van der Waals surface area contributed by atoms with Gasteiger partial charge in [-0.1, -0.05) is 12.5 Å². The summed E-state index contributed by atoms with van der Waals surface area (Å²) in [6.45, 7) is 3.72. The van der Waals surface area contributed by atoms with Crippen LogP contribution in [0.15, 0.2) is 30.3 Å². The smallest absolute Gasteiger partial charge is 0.312 e. The topological polar surface area (TPSA) is 103 Å². The Morgan fingerprint density at radius 3 is 2.59 bits per heavy atom. The summed E-state index contributed by atoms with van der Waals surface area (Å²) >= 11 is 0. The number of primary amides is 1. The van der Waals surface area contributed by atoms with Gasteiger partial charge in [0.1, 0.15) is 5.82 Å². The quantitative estimate of drug-likeness (QED) is 0.361. The Bertz CT molecular complexity index is 892. The maximum atomic E-state index is 13.5. The monoisotopic (exact) mass is 403 g/mol. The lowest BCUT2D eigenvalue weighted by Crippen LogP contribution is -2.29. The minimum absolute atomic E-state index is 0.201. The summed E-state index contributed by atoms with van der Waals surface area (Å²) < 4.78 is 20.4. The van der Waals surface area contributed by atoms with Crippen LogP contribution in [0.2, 0.25) is 0 Å². The third-order valence-electron chi connectivity index (χ3n) is 4.52. The number of urea groups is 1. The van der Waals surface area contributed by atoms with E-state index in [1.165, 1.54) is 12.1 Å². The molecule has 0 aliphatic rings. The Labute approximate surface area is 169 Å². The first-order chi connectivity index (χ1) is 13.8. The molecule has 8 heteroatoms. The molecule has 1 aromatic carbocycles. The van der Waals surface area contributed by atoms with Crippen LogP contribution in [0.1, 0.15) is 47.4 Å². The molecule has 0 bridgehead atoms. The average molecular weight is 403 g/mol. The normalized spacial score (nSPS) is 10.6. The van der Waals surface area contributed by atoms with Crippen LogP contribution in [-0.2, 0) is 9.53 Å². The number of halogens is 1. The Balaban J connectivity index is 1.86. The van der Waals surface area contributed by atoms with Gasteiger partial charge in [0, 0.05) is 35.6 Å². The number of carbonyl (C=O) groups is 3. The summed E-state index contributed by atoms with van der Waals surface area (Å²) in [6.07, 6.45) is 2.24. The van der Waals surface area contributed by atoms with Crippen molar-refractivity contribution in [3.05, 3.63) is 53.1 Å². The Morgan fingerprint density at radius 1 is 1.14 bits per heavy atom. The lowest BCUT2D eigenvalue weighted by Gasteiger charge is -2.10. The molecule has 0 radical (unpaired) electrons. The van der Waals surface area contributed by atoms with Crippen LogP contribution in [0.25, 0.3) is 5.69 Å². The molecule has 0 saturated heterocycles. The van der Waals surface area contributed by atoms with Crippen molar-refractivity contribution in [1.29, 1.82) is 0 Å². The number of ketones is 1. The molecule has 0 spiro atoms. The summed E-state index contributed by atoms with van der Waals surface area (Å²) in [6, 6.07) is 7.26. The fourth-order valence-electron chi connectivity index (χ4n) is 3.14. The van der Waals surface area contributed by atoms with E-state index in [-0.39, 0.29) is 24.6 Å². The molecule has 156 valence electrons. The van der Waals surface area contributed by atoms with Gasteiger partial charge in [-0.25, -0.2) is 9.18 Å². The minimum Gasteiger partial charge on any atom is -0.457 e. The number of Topliss-reactive ketones (excluding diaryl/α,β-unsaturated/α-hetero) is 1. The van der Waals surface area contributed by atoms with E-state index >= 15 is 0 Å². The second-order valence-corrected chi connectivity index (χ2v) is 6.79. The molecule has 0 fully saturated rings. The molecule has 1 aromatic heterocycles. The Hall–Kier alpha value is -3.16. The van der Waals surface area contributed by atoms with Gasteiger partial charge in [-0.3, -0.25) is 9.59 Å². The number of hydrogen-bond donors (Lipinski definition) is 2. The summed E-state index contributed by atoms with van der Waals surface area (Å²) in [5.41, 5.74) is 7.47. The molecule has 1 heterocycles. The highest BCUT2D eigenvalue weighted by Crippen LogP contribution is 2.22. The first-order valence-corrected chi connectivity index (χ1v) is 9.46. The zero-order valence-corrected chi connectivity index (χ0v) is 16.7. The predicted octanol–water partition coefficient (Wildman–Crippen LogP) is 3.19. The largest absolute Gasteiger partial charge is 0.457 e. The number of benzene rings is 1. The van der Waals surface area contributed by atoms with Gasteiger partial charge >= 0.3 is 12.0 Å². The van der Waals surface area contributed by atoms with Crippen molar-refractivity contribution in [2.45, 2.75) is 39.5 Å². The number of hydrogen-bond acceptors (Lipinski definition) is 4. The minimum atomic E-state index is -0.570. The lowest BCUT2D eigenvalue weighted by atomic mass is 10.1. The molecular weight excluding hydrogens is 377 g/mol. The van der Waals surface area contributed by atoms with E-state index < -0.39 is 12.0 Å². The molecule has 2 rings (SSSR count). The predicted molar refractivity (Wildman–Crippen MR) is 107 cm³/mol. The van der Waals surface area contributed by atoms with Gasteiger partial charge in [0.05, 0.1) is 0 Å². The highest BCUT2D eigenvalue weighted by atomic mass is 19.1. The third kappa shape index (κ3) is 6.44. The maximum Gasteiger partial charge on any atom is 0.312 e. The maximum absolute atomic E-state index is 13.5. The Kier molecular flexibility index (Phi) is 7.94. The number of aromatic nitrogens is 1. The molecule has 0 atom stereocenters. The van der Waals surface area contributed by atoms with E-state index in [9.17, 15) is 18.8 Å². The van der Waals surface area contributed by atoms with Crippen molar-refractivity contribution in [1.82, 2.24) is 9.88 Å². The molecule has 0 saturated carbocycles. The summed E-state index contributed by atoms with van der Waals surface area (Å²) in [5, 5.41) is 2.47. The first-order valence-electron chi connectivity index (χ1n) is 9.46. The van der Waals surface area contributed by atoms with Crippen LogP contribution in [0.5, 0.6) is 0 Å². The molecule has 2 amide bonds. The number of nitrogens with two attached hydrogens (primary N) is 1. The molecule has 0 unspecified atom stereocenters. The van der Waals surface area contributed by atoms with E-state index in [1.54, 1.807) is 29.7 Å². The molecule has 0 aliphatic carbocycles. The molecular formula is C21H26FN3O4. The van der Waals surface area contributed by atoms with E-state index in [0.29, 0.717) is 36.3 Å². The standard InChI is InChI=1S/C21H26FN3O4/c1-14-11-18(15(2)25(14)17-8-6-7-16(22)12-17)19(26)13-29-20(27)9-4-3-5-10-24-21(23)28/h6-8,11-12H,3-5,9-10,13H2,1-2H3,(H3,23,24,28). The summed E-state index contributed by atoms with van der Waals surface area (Å²) in [7, 11) is 0. The zero-order chi connectivity index (χ0) is 21.4. The summed E-state index contributed by atoms with van der Waals surface area (Å²) in [4.78, 5) is 34.9. The second-order valence-electron chi connectivity index (χ2n) is 6.79. The van der Waals surface area contributed by atoms with Crippen molar-refractivity contribution in [2.75, 3.05) is 13.2 Å². The van der Waals surface area contributed by atoms with Gasteiger partial charge < -0.3 is 20.4 Å². The number of unbranched alkanes of at least 4 members (excludes halogenated alkanes) is 2. The average Bonchev–Trinajstić information content (AvgIpc) is 2.96. The van der Waals surface area contributed by atoms with Gasteiger partial charge in [-0.2, -0.15) is 0 Å². The second kappa shape index (κ2) is 10.4. The van der Waals surface area contributed by atoms with Gasteiger partial charge in [0.15, 0.2) is 6.61 Å². The number of aryl methyl sites for hydroxylation is 1. The van der Waals surface area contributed by atoms with E-state index in [1.807, 2.05) is 6.92 Å². The van der Waals surface area contributed by atoms with Crippen LogP contribution < -0.4 is 11.1 Å². The van der Waals surface area contributed by atoms with Crippen LogP contribution in [0.3, 0.4) is 0 Å². The lowest BCUT2D eigenvalue weighted by molar-refractivity contribution is -0.142. The van der Waals surface area contributed by atoms with Crippen molar-refractivity contribution >= 4 is 17.8 Å². The highest BCUT2D eigenvalue weighted by Gasteiger charge is 2.18. The SMILES string of the molecule is Cc1cc(C(=O)COC(=O)CCCCCNC(N)=O)c(C)n1-c1cccc(F)c1. The number of nitrogens with zero attached hydrogens (tertiary/aromatic N) is 1. The zero-order valence-electron chi connectivity index (χ0n) is 16.7. The van der Waals surface area contributed by atoms with Gasteiger partial charge in [-0.05, 0) is 51.0 Å². The van der Waals surface area contributed by atoms with Gasteiger partial charge in [-0.15, -0.1) is 0 Å². The van der Waals surface area contributed by atoms with E-state index in [4.69, 9.17) is 10.5 Å². The van der Waals surface area contributed by atoms with E-state index in [0.717, 1.165) is 12.1 Å². The van der Waals surface area contributed by atoms with Crippen LogP contribution in [-0.4, -0.2) is 35.5 Å². The van der Waals surface area contributed by atoms with Crippen LogP contribution in [0.4, 0.5) is 9.18 Å². The summed E-state index contributed by atoms with van der Waals surface area (Å²) in [5.74, 6) is -1.11. The molecule has 2 aromatic rings. The number of rotatable bonds is 10.